The number of carbonyl (C=O) groups is 1. The Morgan fingerprint density at radius 2 is 1.62 bits per heavy atom. The third-order valence-electron chi connectivity index (χ3n) is 3.87. The average Bonchev–Trinajstić information content (AvgIpc) is 2.60. The van der Waals surface area contributed by atoms with Gasteiger partial charge in [0.25, 0.3) is 10.2 Å². The number of rotatable bonds is 13. The number of hydrogen-bond donors (Lipinski definition) is 2. The van der Waals surface area contributed by atoms with Crippen LogP contribution in [0.2, 0.25) is 0 Å². The molecule has 0 unspecified atom stereocenters. The van der Waals surface area contributed by atoms with Crippen molar-refractivity contribution >= 4 is 16.1 Å². The molecule has 0 saturated heterocycles. The predicted molar refractivity (Wildman–Crippen MR) is 101 cm³/mol. The van der Waals surface area contributed by atoms with Crippen LogP contribution in [0.1, 0.15) is 45.1 Å². The highest BCUT2D eigenvalue weighted by molar-refractivity contribution is 7.87. The lowest BCUT2D eigenvalue weighted by atomic mass is 10.1. The molecule has 0 aromatic heterocycles. The molecule has 0 heterocycles. The van der Waals surface area contributed by atoms with Crippen molar-refractivity contribution in [2.24, 2.45) is 0 Å². The molecule has 0 aliphatic heterocycles. The summed E-state index contributed by atoms with van der Waals surface area (Å²) < 4.78 is 41.6. The Bertz CT molecular complexity index is 628. The van der Waals surface area contributed by atoms with E-state index >= 15 is 0 Å². The van der Waals surface area contributed by atoms with Gasteiger partial charge in [-0.2, -0.15) is 12.7 Å². The normalized spacial score (nSPS) is 11.7. The van der Waals surface area contributed by atoms with E-state index in [2.05, 4.69) is 10.0 Å². The van der Waals surface area contributed by atoms with Crippen molar-refractivity contribution in [1.29, 1.82) is 0 Å². The van der Waals surface area contributed by atoms with Gasteiger partial charge in [0.15, 0.2) is 0 Å². The molecule has 0 fully saturated rings. The summed E-state index contributed by atoms with van der Waals surface area (Å²) >= 11 is 0. The van der Waals surface area contributed by atoms with Crippen molar-refractivity contribution in [2.75, 3.05) is 26.2 Å². The Labute approximate surface area is 156 Å². The van der Waals surface area contributed by atoms with Crippen LogP contribution in [0.3, 0.4) is 0 Å². The Morgan fingerprint density at radius 3 is 2.15 bits per heavy atom. The van der Waals surface area contributed by atoms with E-state index in [1.54, 1.807) is 12.1 Å². The minimum atomic E-state index is -3.54. The summed E-state index contributed by atoms with van der Waals surface area (Å²) in [4.78, 5) is 11.8. The third kappa shape index (κ3) is 8.73. The van der Waals surface area contributed by atoms with E-state index in [9.17, 15) is 17.6 Å². The van der Waals surface area contributed by atoms with E-state index in [1.807, 2.05) is 13.8 Å². The zero-order chi connectivity index (χ0) is 19.4. The lowest BCUT2D eigenvalue weighted by Crippen LogP contribution is -2.44. The second-order valence-corrected chi connectivity index (χ2v) is 7.91. The summed E-state index contributed by atoms with van der Waals surface area (Å²) in [7, 11) is -3.54. The van der Waals surface area contributed by atoms with Crippen LogP contribution in [0.15, 0.2) is 24.3 Å². The molecule has 0 bridgehead atoms. The highest BCUT2D eigenvalue weighted by Crippen LogP contribution is 2.05. The fourth-order valence-corrected chi connectivity index (χ4v) is 3.63. The molecule has 0 radical (unpaired) electrons. The number of halogens is 1. The van der Waals surface area contributed by atoms with Crippen LogP contribution < -0.4 is 10.0 Å². The highest BCUT2D eigenvalue weighted by Gasteiger charge is 2.20. The van der Waals surface area contributed by atoms with Crippen LogP contribution in [0, 0.1) is 5.82 Å². The number of amides is 1. The van der Waals surface area contributed by atoms with Gasteiger partial charge in [-0.05, 0) is 30.5 Å². The first-order valence-electron chi connectivity index (χ1n) is 9.15. The lowest BCUT2D eigenvalue weighted by Gasteiger charge is -2.22. The first kappa shape index (κ1) is 22.5. The molecule has 0 aliphatic carbocycles. The molecule has 26 heavy (non-hydrogen) atoms. The molecule has 148 valence electrons. The van der Waals surface area contributed by atoms with Crippen LogP contribution in [0.25, 0.3) is 0 Å². The maximum absolute atomic E-state index is 12.8. The van der Waals surface area contributed by atoms with Gasteiger partial charge in [-0.25, -0.2) is 9.11 Å². The smallest absolute Gasteiger partial charge is 0.279 e. The number of nitrogens with one attached hydrogen (secondary N) is 2. The van der Waals surface area contributed by atoms with Gasteiger partial charge >= 0.3 is 0 Å². The fourth-order valence-electron chi connectivity index (χ4n) is 2.34. The highest BCUT2D eigenvalue weighted by atomic mass is 32.2. The van der Waals surface area contributed by atoms with Gasteiger partial charge in [0.2, 0.25) is 5.91 Å². The van der Waals surface area contributed by atoms with E-state index in [0.29, 0.717) is 18.7 Å². The van der Waals surface area contributed by atoms with Gasteiger partial charge in [-0.3, -0.25) is 4.79 Å². The number of unbranched alkanes of at least 4 members (excludes halogenated alkanes) is 2. The standard InChI is InChI=1S/C18H30FN3O3S/c1-3-5-13-22(14-6-4-2)26(24,25)21-12-11-20-18(23)15-16-7-9-17(19)10-8-16/h7-10,21H,3-6,11-15H2,1-2H3,(H,20,23). The van der Waals surface area contributed by atoms with E-state index in [-0.39, 0.29) is 31.2 Å². The molecule has 6 nitrogen and oxygen atoms in total. The van der Waals surface area contributed by atoms with Crippen LogP contribution in [-0.2, 0) is 21.4 Å². The van der Waals surface area contributed by atoms with Gasteiger partial charge in [-0.1, -0.05) is 38.8 Å². The maximum Gasteiger partial charge on any atom is 0.279 e. The lowest BCUT2D eigenvalue weighted by molar-refractivity contribution is -0.120. The Balaban J connectivity index is 2.38. The quantitative estimate of drug-likeness (QED) is 0.510. The minimum absolute atomic E-state index is 0.131. The molecular formula is C18H30FN3O3S. The van der Waals surface area contributed by atoms with Gasteiger partial charge in [0, 0.05) is 26.2 Å². The van der Waals surface area contributed by atoms with Gasteiger partial charge in [0.05, 0.1) is 6.42 Å². The Morgan fingerprint density at radius 1 is 1.04 bits per heavy atom. The second kappa shape index (κ2) is 12.0. The summed E-state index contributed by atoms with van der Waals surface area (Å²) in [5, 5.41) is 2.67. The zero-order valence-corrected chi connectivity index (χ0v) is 16.4. The molecular weight excluding hydrogens is 357 g/mol. The van der Waals surface area contributed by atoms with E-state index < -0.39 is 10.2 Å². The summed E-state index contributed by atoms with van der Waals surface area (Å²) in [6.45, 7) is 5.38. The van der Waals surface area contributed by atoms with Gasteiger partial charge in [-0.15, -0.1) is 0 Å². The second-order valence-electron chi connectivity index (χ2n) is 6.16. The van der Waals surface area contributed by atoms with Crippen LogP contribution >= 0.6 is 0 Å². The largest absolute Gasteiger partial charge is 0.354 e. The van der Waals surface area contributed by atoms with E-state index in [0.717, 1.165) is 25.7 Å². The third-order valence-corrected chi connectivity index (χ3v) is 5.49. The van der Waals surface area contributed by atoms with Crippen molar-refractivity contribution in [2.45, 2.75) is 46.0 Å². The number of carbonyl (C=O) groups excluding carboxylic acids is 1. The monoisotopic (exact) mass is 387 g/mol. The molecule has 8 heteroatoms. The molecule has 0 atom stereocenters. The summed E-state index contributed by atoms with van der Waals surface area (Å²) in [6, 6.07) is 5.71. The topological polar surface area (TPSA) is 78.5 Å². The van der Waals surface area contributed by atoms with Crippen molar-refractivity contribution in [3.8, 4) is 0 Å². The van der Waals surface area contributed by atoms with Crippen molar-refractivity contribution in [3.05, 3.63) is 35.6 Å². The summed E-state index contributed by atoms with van der Waals surface area (Å²) in [6.07, 6.45) is 3.62. The molecule has 1 rings (SSSR count). The van der Waals surface area contributed by atoms with Crippen molar-refractivity contribution in [1.82, 2.24) is 14.3 Å². The Kier molecular flexibility index (Phi) is 10.4. The maximum atomic E-state index is 12.8. The summed E-state index contributed by atoms with van der Waals surface area (Å²) in [5.41, 5.74) is 0.704. The van der Waals surface area contributed by atoms with Gasteiger partial charge in [0.1, 0.15) is 5.82 Å². The fraction of sp³-hybridized carbons (Fsp3) is 0.611. The average molecular weight is 388 g/mol. The SMILES string of the molecule is CCCCN(CCCC)S(=O)(=O)NCCNC(=O)Cc1ccc(F)cc1. The van der Waals surface area contributed by atoms with Crippen molar-refractivity contribution in [3.63, 3.8) is 0 Å². The molecule has 1 aromatic carbocycles. The van der Waals surface area contributed by atoms with Crippen LogP contribution in [0.4, 0.5) is 4.39 Å². The first-order valence-corrected chi connectivity index (χ1v) is 10.6. The number of nitrogens with zero attached hydrogens (tertiary/aromatic N) is 1. The zero-order valence-electron chi connectivity index (χ0n) is 15.6. The van der Waals surface area contributed by atoms with Gasteiger partial charge < -0.3 is 5.32 Å². The molecule has 0 aliphatic rings. The molecule has 2 N–H and O–H groups in total. The van der Waals surface area contributed by atoms with E-state index in [4.69, 9.17) is 0 Å². The number of benzene rings is 1. The number of hydrogen-bond acceptors (Lipinski definition) is 3. The summed E-state index contributed by atoms with van der Waals surface area (Å²) in [5.74, 6) is -0.580. The van der Waals surface area contributed by atoms with Crippen LogP contribution in [0.5, 0.6) is 0 Å². The Hall–Kier alpha value is -1.51. The molecule has 1 amide bonds. The van der Waals surface area contributed by atoms with Crippen LogP contribution in [-0.4, -0.2) is 44.8 Å². The minimum Gasteiger partial charge on any atom is -0.354 e. The molecule has 0 spiro atoms. The molecule has 0 saturated carbocycles. The van der Waals surface area contributed by atoms with E-state index in [1.165, 1.54) is 16.4 Å². The predicted octanol–water partition coefficient (Wildman–Crippen LogP) is 2.22. The first-order chi connectivity index (χ1) is 12.4. The van der Waals surface area contributed by atoms with Crippen molar-refractivity contribution < 1.29 is 17.6 Å². The molecule has 1 aromatic rings.